The van der Waals surface area contributed by atoms with Crippen LogP contribution in [0.1, 0.15) is 62.8 Å². The largest absolute Gasteiger partial charge is 0.393 e. The monoisotopic (exact) mass is 260 g/mol. The van der Waals surface area contributed by atoms with Crippen LogP contribution in [0.5, 0.6) is 0 Å². The Labute approximate surface area is 102 Å². The van der Waals surface area contributed by atoms with Gasteiger partial charge >= 0.3 is 7.60 Å². The van der Waals surface area contributed by atoms with Gasteiger partial charge in [-0.1, -0.05) is 36.6 Å². The Kier molecular flexibility index (Phi) is 24.5. The highest BCUT2D eigenvalue weighted by Gasteiger charge is 2.26. The highest BCUT2D eigenvalue weighted by Crippen LogP contribution is 2.45. The summed E-state index contributed by atoms with van der Waals surface area (Å²) in [7, 11) is -3.94. The first-order valence-electron chi connectivity index (χ1n) is 4.11. The maximum Gasteiger partial charge on any atom is 0.328 e. The third kappa shape index (κ3) is 14.1. The lowest BCUT2D eigenvalue weighted by molar-refractivity contribution is 0.179. The second kappa shape index (κ2) is 13.2. The molecule has 0 aliphatic rings. The van der Waals surface area contributed by atoms with E-state index in [0.29, 0.717) is 19.3 Å². The van der Waals surface area contributed by atoms with Gasteiger partial charge in [-0.15, -0.1) is 0 Å². The second-order valence-corrected chi connectivity index (χ2v) is 4.99. The van der Waals surface area contributed by atoms with Gasteiger partial charge in [0.2, 0.25) is 0 Å². The van der Waals surface area contributed by atoms with Crippen LogP contribution >= 0.6 is 7.60 Å². The zero-order valence-corrected chi connectivity index (χ0v) is 8.37. The summed E-state index contributed by atoms with van der Waals surface area (Å²) in [4.78, 5) is 17.6. The van der Waals surface area contributed by atoms with Crippen molar-refractivity contribution < 1.29 is 19.5 Å². The Bertz CT molecular complexity index is 165. The van der Waals surface area contributed by atoms with Gasteiger partial charge in [-0.3, -0.25) is 4.57 Å². The van der Waals surface area contributed by atoms with Gasteiger partial charge in [0.1, 0.15) is 0 Å². The van der Waals surface area contributed by atoms with E-state index in [1.54, 1.807) is 13.8 Å². The number of hydrogen-bond donors (Lipinski definition) is 3. The van der Waals surface area contributed by atoms with Crippen LogP contribution in [-0.2, 0) is 4.57 Å². The third-order valence-electron chi connectivity index (χ3n) is 1.86. The molecule has 0 aliphatic heterocycles. The molecule has 0 aromatic heterocycles. The smallest absolute Gasteiger partial charge is 0.328 e. The summed E-state index contributed by atoms with van der Waals surface area (Å²) in [6.07, 6.45) is 0.810. The van der Waals surface area contributed by atoms with Crippen molar-refractivity contribution in [3.05, 3.63) is 0 Å². The van der Waals surface area contributed by atoms with Crippen molar-refractivity contribution in [3.63, 3.8) is 0 Å². The summed E-state index contributed by atoms with van der Waals surface area (Å²) in [6.45, 7) is 3.36. The number of rotatable bonds is 5. The lowest BCUT2D eigenvalue weighted by Gasteiger charge is -2.16. The molecular formula is C11H33O4P. The summed E-state index contributed by atoms with van der Waals surface area (Å²) < 4.78 is 10.8. The topological polar surface area (TPSA) is 77.8 Å². The van der Waals surface area contributed by atoms with Crippen molar-refractivity contribution in [1.82, 2.24) is 0 Å². The molecule has 3 N–H and O–H groups in total. The molecular weight excluding hydrogens is 227 g/mol. The minimum Gasteiger partial charge on any atom is -0.393 e. The van der Waals surface area contributed by atoms with E-state index in [1.807, 2.05) is 0 Å². The Hall–Kier alpha value is 0.110. The fourth-order valence-electron chi connectivity index (χ4n) is 1.04. The summed E-state index contributed by atoms with van der Waals surface area (Å²) in [5, 5.41) is 8.91. The van der Waals surface area contributed by atoms with E-state index >= 15 is 0 Å². The van der Waals surface area contributed by atoms with Gasteiger partial charge in [0.05, 0.1) is 11.8 Å². The van der Waals surface area contributed by atoms with Crippen molar-refractivity contribution in [3.8, 4) is 0 Å². The Morgan fingerprint density at radius 1 is 1.06 bits per heavy atom. The molecule has 0 saturated heterocycles. The molecule has 5 heteroatoms. The molecule has 16 heavy (non-hydrogen) atoms. The van der Waals surface area contributed by atoms with Crippen LogP contribution in [0.2, 0.25) is 0 Å². The Morgan fingerprint density at radius 3 is 1.62 bits per heavy atom. The van der Waals surface area contributed by atoms with Crippen LogP contribution in [-0.4, -0.2) is 26.7 Å². The Balaban J connectivity index is -0.000000101. The van der Waals surface area contributed by atoms with Gasteiger partial charge in [0.25, 0.3) is 0 Å². The SMILES string of the molecule is C.C.C.C.CCC(CCC(C)O)P(=O)(O)O. The van der Waals surface area contributed by atoms with Crippen LogP contribution in [0.15, 0.2) is 0 Å². The van der Waals surface area contributed by atoms with Crippen molar-refractivity contribution in [2.75, 3.05) is 0 Å². The zero-order chi connectivity index (χ0) is 9.78. The maximum absolute atomic E-state index is 10.8. The van der Waals surface area contributed by atoms with Crippen LogP contribution in [0.3, 0.4) is 0 Å². The van der Waals surface area contributed by atoms with Gasteiger partial charge in [0, 0.05) is 0 Å². The molecule has 0 amide bonds. The molecule has 0 aromatic rings. The first-order chi connectivity index (χ1) is 5.38. The molecule has 0 aromatic carbocycles. The molecule has 2 unspecified atom stereocenters. The molecule has 0 fully saturated rings. The van der Waals surface area contributed by atoms with Crippen LogP contribution in [0, 0.1) is 0 Å². The van der Waals surface area contributed by atoms with Crippen LogP contribution in [0.4, 0.5) is 0 Å². The Morgan fingerprint density at radius 2 is 1.44 bits per heavy atom. The maximum atomic E-state index is 10.8. The van der Waals surface area contributed by atoms with E-state index in [1.165, 1.54) is 0 Å². The van der Waals surface area contributed by atoms with Gasteiger partial charge in [-0.2, -0.15) is 0 Å². The lowest BCUT2D eigenvalue weighted by Crippen LogP contribution is -2.10. The molecule has 106 valence electrons. The lowest BCUT2D eigenvalue weighted by atomic mass is 10.1. The molecule has 0 heterocycles. The average Bonchev–Trinajstić information content (AvgIpc) is 1.85. The molecule has 0 rings (SSSR count). The third-order valence-corrected chi connectivity index (χ3v) is 3.44. The molecule has 0 radical (unpaired) electrons. The van der Waals surface area contributed by atoms with Crippen molar-refractivity contribution in [2.24, 2.45) is 0 Å². The predicted molar refractivity (Wildman–Crippen MR) is 74.0 cm³/mol. The first-order valence-corrected chi connectivity index (χ1v) is 5.79. The minimum atomic E-state index is -3.94. The van der Waals surface area contributed by atoms with Gasteiger partial charge in [-0.25, -0.2) is 0 Å². The highest BCUT2D eigenvalue weighted by molar-refractivity contribution is 7.52. The summed E-state index contributed by atoms with van der Waals surface area (Å²) in [5.41, 5.74) is -0.591. The summed E-state index contributed by atoms with van der Waals surface area (Å²) >= 11 is 0. The molecule has 2 atom stereocenters. The minimum absolute atomic E-state index is 0. The van der Waals surface area contributed by atoms with Gasteiger partial charge in [0.15, 0.2) is 0 Å². The number of hydrogen-bond acceptors (Lipinski definition) is 2. The average molecular weight is 260 g/mol. The molecule has 0 saturated carbocycles. The van der Waals surface area contributed by atoms with Crippen molar-refractivity contribution >= 4 is 7.60 Å². The standard InChI is InChI=1S/C7H17O4P.4CH4/c1-3-7(12(9,10)11)5-4-6(2)8;;;;/h6-8H,3-5H2,1-2H3,(H2,9,10,11);4*1H4. The number of aliphatic hydroxyl groups is 1. The van der Waals surface area contributed by atoms with E-state index in [9.17, 15) is 4.57 Å². The second-order valence-electron chi connectivity index (χ2n) is 3.08. The zero-order valence-electron chi connectivity index (χ0n) is 7.47. The van der Waals surface area contributed by atoms with E-state index in [4.69, 9.17) is 14.9 Å². The van der Waals surface area contributed by atoms with E-state index in [2.05, 4.69) is 0 Å². The summed E-state index contributed by atoms with van der Waals surface area (Å²) in [6, 6.07) is 0. The van der Waals surface area contributed by atoms with Crippen molar-refractivity contribution in [1.29, 1.82) is 0 Å². The van der Waals surface area contributed by atoms with Crippen LogP contribution in [0.25, 0.3) is 0 Å². The van der Waals surface area contributed by atoms with E-state index in [0.717, 1.165) is 0 Å². The molecule has 0 aliphatic carbocycles. The predicted octanol–water partition coefficient (Wildman–Crippen LogP) is 3.65. The number of aliphatic hydroxyl groups excluding tert-OH is 1. The fraction of sp³-hybridized carbons (Fsp3) is 1.00. The summed E-state index contributed by atoms with van der Waals surface area (Å²) in [5.74, 6) is 0. The van der Waals surface area contributed by atoms with E-state index in [-0.39, 0.29) is 29.7 Å². The quantitative estimate of drug-likeness (QED) is 0.659. The normalized spacial score (nSPS) is 13.1. The van der Waals surface area contributed by atoms with Crippen molar-refractivity contribution in [2.45, 2.75) is 74.6 Å². The molecule has 0 spiro atoms. The molecule has 4 nitrogen and oxygen atoms in total. The van der Waals surface area contributed by atoms with Crippen LogP contribution < -0.4 is 0 Å². The van der Waals surface area contributed by atoms with Gasteiger partial charge in [-0.05, 0) is 26.2 Å². The molecule has 0 bridgehead atoms. The highest BCUT2D eigenvalue weighted by atomic mass is 31.2. The van der Waals surface area contributed by atoms with Gasteiger partial charge < -0.3 is 14.9 Å². The fourth-order valence-corrected chi connectivity index (χ4v) is 2.00. The first kappa shape index (κ1) is 29.8. The van der Waals surface area contributed by atoms with E-state index < -0.39 is 19.4 Å².